The lowest BCUT2D eigenvalue weighted by Crippen LogP contribution is -2.15. The van der Waals surface area contributed by atoms with Gasteiger partial charge in [-0.05, 0) is 38.1 Å². The first-order chi connectivity index (χ1) is 12.4. The van der Waals surface area contributed by atoms with Gasteiger partial charge in [0.25, 0.3) is 0 Å². The highest BCUT2D eigenvalue weighted by atomic mass is 32.2. The molecule has 26 heavy (non-hydrogen) atoms. The van der Waals surface area contributed by atoms with Gasteiger partial charge in [0.15, 0.2) is 0 Å². The third-order valence-corrected chi connectivity index (χ3v) is 4.23. The Morgan fingerprint density at radius 3 is 2.81 bits per heavy atom. The molecule has 0 aliphatic rings. The van der Waals surface area contributed by atoms with Crippen molar-refractivity contribution < 1.29 is 18.7 Å². The highest BCUT2D eigenvalue weighted by Gasteiger charge is 2.17. The van der Waals surface area contributed by atoms with E-state index in [1.807, 2.05) is 6.07 Å². The number of esters is 1. The first kappa shape index (κ1) is 19.4. The average molecular weight is 373 g/mol. The summed E-state index contributed by atoms with van der Waals surface area (Å²) in [6.07, 6.45) is 0. The van der Waals surface area contributed by atoms with Crippen molar-refractivity contribution in [2.75, 3.05) is 17.7 Å². The zero-order valence-corrected chi connectivity index (χ0v) is 15.0. The number of nitrogens with one attached hydrogen (secondary N) is 1. The van der Waals surface area contributed by atoms with Crippen molar-refractivity contribution in [2.45, 2.75) is 18.9 Å². The number of nitriles is 1. The zero-order valence-electron chi connectivity index (χ0n) is 14.2. The van der Waals surface area contributed by atoms with Crippen LogP contribution in [0.25, 0.3) is 0 Å². The second-order valence-corrected chi connectivity index (χ2v) is 6.12. The minimum atomic E-state index is -0.547. The quantitative estimate of drug-likeness (QED) is 0.617. The number of anilines is 1. The Morgan fingerprint density at radius 1 is 1.38 bits per heavy atom. The Bertz CT molecular complexity index is 880. The van der Waals surface area contributed by atoms with E-state index in [1.54, 1.807) is 19.9 Å². The predicted molar refractivity (Wildman–Crippen MR) is 95.4 cm³/mol. The molecule has 0 bridgehead atoms. The number of aryl methyl sites for hydroxylation is 1. The van der Waals surface area contributed by atoms with E-state index < -0.39 is 11.8 Å². The highest BCUT2D eigenvalue weighted by molar-refractivity contribution is 8.00. The number of aromatic nitrogens is 1. The Hall–Kier alpha value is -2.92. The minimum absolute atomic E-state index is 0.0175. The van der Waals surface area contributed by atoms with E-state index in [9.17, 15) is 19.2 Å². The molecule has 0 aliphatic carbocycles. The zero-order chi connectivity index (χ0) is 19.1. The number of thioether (sulfide) groups is 1. The number of amides is 1. The SMILES string of the molecule is CCOC(=O)c1cc(C#N)c(SCC(=O)Nc2cccc(F)c2)nc1C. The van der Waals surface area contributed by atoms with E-state index in [0.717, 1.165) is 11.8 Å². The smallest absolute Gasteiger partial charge is 0.340 e. The monoisotopic (exact) mass is 373 g/mol. The largest absolute Gasteiger partial charge is 0.462 e. The number of ether oxygens (including phenoxy) is 1. The van der Waals surface area contributed by atoms with Crippen LogP contribution in [0.3, 0.4) is 0 Å². The third kappa shape index (κ3) is 5.04. The second-order valence-electron chi connectivity index (χ2n) is 5.15. The summed E-state index contributed by atoms with van der Waals surface area (Å²) in [5.74, 6) is -1.38. The van der Waals surface area contributed by atoms with Crippen molar-refractivity contribution >= 4 is 29.3 Å². The van der Waals surface area contributed by atoms with E-state index in [-0.39, 0.29) is 29.4 Å². The fraction of sp³-hybridized carbons (Fsp3) is 0.222. The summed E-state index contributed by atoms with van der Waals surface area (Å²) in [4.78, 5) is 28.1. The normalized spacial score (nSPS) is 10.1. The van der Waals surface area contributed by atoms with Gasteiger partial charge in [0.2, 0.25) is 5.91 Å². The maximum atomic E-state index is 13.1. The molecule has 8 heteroatoms. The third-order valence-electron chi connectivity index (χ3n) is 3.24. The number of rotatable bonds is 6. The molecule has 0 radical (unpaired) electrons. The molecule has 0 saturated heterocycles. The number of halogens is 1. The van der Waals surface area contributed by atoms with Crippen molar-refractivity contribution in [2.24, 2.45) is 0 Å². The number of carbonyl (C=O) groups excluding carboxylic acids is 2. The van der Waals surface area contributed by atoms with Gasteiger partial charge in [0.05, 0.1) is 29.2 Å². The number of hydrogen-bond acceptors (Lipinski definition) is 6. The van der Waals surface area contributed by atoms with E-state index in [4.69, 9.17) is 4.74 Å². The Morgan fingerprint density at radius 2 is 2.15 bits per heavy atom. The molecule has 0 saturated carbocycles. The second kappa shape index (κ2) is 8.97. The number of benzene rings is 1. The van der Waals surface area contributed by atoms with Crippen LogP contribution in [-0.4, -0.2) is 29.2 Å². The number of carbonyl (C=O) groups is 2. The van der Waals surface area contributed by atoms with Crippen LogP contribution in [0.2, 0.25) is 0 Å². The van der Waals surface area contributed by atoms with Gasteiger partial charge in [-0.3, -0.25) is 4.79 Å². The summed E-state index contributed by atoms with van der Waals surface area (Å²) in [5, 5.41) is 12.2. The van der Waals surface area contributed by atoms with E-state index >= 15 is 0 Å². The Kier molecular flexibility index (Phi) is 6.69. The van der Waals surface area contributed by atoms with Crippen LogP contribution < -0.4 is 5.32 Å². The lowest BCUT2D eigenvalue weighted by Gasteiger charge is -2.09. The highest BCUT2D eigenvalue weighted by Crippen LogP contribution is 2.23. The van der Waals surface area contributed by atoms with Crippen LogP contribution >= 0.6 is 11.8 Å². The van der Waals surface area contributed by atoms with Gasteiger partial charge in [-0.25, -0.2) is 14.2 Å². The van der Waals surface area contributed by atoms with Crippen molar-refractivity contribution in [3.63, 3.8) is 0 Å². The maximum absolute atomic E-state index is 13.1. The van der Waals surface area contributed by atoms with Gasteiger partial charge in [-0.1, -0.05) is 17.8 Å². The molecule has 134 valence electrons. The standard InChI is InChI=1S/C18H16FN3O3S/c1-3-25-18(24)15-7-12(9-20)17(21-11(15)2)26-10-16(23)22-14-6-4-5-13(19)8-14/h4-8H,3,10H2,1-2H3,(H,22,23). The Labute approximate surface area is 154 Å². The summed E-state index contributed by atoms with van der Waals surface area (Å²) in [7, 11) is 0. The van der Waals surface area contributed by atoms with Crippen LogP contribution in [0.1, 0.15) is 28.5 Å². The molecule has 0 unspecified atom stereocenters. The van der Waals surface area contributed by atoms with Crippen molar-refractivity contribution in [3.8, 4) is 6.07 Å². The molecular formula is C18H16FN3O3S. The number of pyridine rings is 1. The van der Waals surface area contributed by atoms with E-state index in [1.165, 1.54) is 24.3 Å². The van der Waals surface area contributed by atoms with Crippen LogP contribution in [0.5, 0.6) is 0 Å². The molecule has 2 aromatic rings. The molecule has 1 aromatic heterocycles. The van der Waals surface area contributed by atoms with Crippen LogP contribution in [0.4, 0.5) is 10.1 Å². The molecule has 6 nitrogen and oxygen atoms in total. The lowest BCUT2D eigenvalue weighted by atomic mass is 10.1. The average Bonchev–Trinajstić information content (AvgIpc) is 2.60. The van der Waals surface area contributed by atoms with Gasteiger partial charge >= 0.3 is 5.97 Å². The van der Waals surface area contributed by atoms with E-state index in [2.05, 4.69) is 10.3 Å². The first-order valence-electron chi connectivity index (χ1n) is 7.71. The van der Waals surface area contributed by atoms with Crippen LogP contribution in [-0.2, 0) is 9.53 Å². The summed E-state index contributed by atoms with van der Waals surface area (Å²) in [5.41, 5.74) is 1.16. The lowest BCUT2D eigenvalue weighted by molar-refractivity contribution is -0.113. The molecule has 2 rings (SSSR count). The van der Waals surface area contributed by atoms with Crippen molar-refractivity contribution in [1.82, 2.24) is 4.98 Å². The molecule has 0 fully saturated rings. The molecule has 1 aromatic carbocycles. The van der Waals surface area contributed by atoms with Crippen molar-refractivity contribution in [3.05, 3.63) is 53.0 Å². The van der Waals surface area contributed by atoms with Gasteiger partial charge in [0, 0.05) is 5.69 Å². The summed E-state index contributed by atoms with van der Waals surface area (Å²) in [6.45, 7) is 3.54. The minimum Gasteiger partial charge on any atom is -0.462 e. The number of nitrogens with zero attached hydrogens (tertiary/aromatic N) is 2. The summed E-state index contributed by atoms with van der Waals surface area (Å²) in [6, 6.07) is 8.93. The summed E-state index contributed by atoms with van der Waals surface area (Å²) < 4.78 is 18.1. The fourth-order valence-electron chi connectivity index (χ4n) is 2.09. The molecule has 1 amide bonds. The molecular weight excluding hydrogens is 357 g/mol. The fourth-order valence-corrected chi connectivity index (χ4v) is 2.89. The predicted octanol–water partition coefficient (Wildman–Crippen LogP) is 3.31. The molecule has 1 heterocycles. The topological polar surface area (TPSA) is 92.1 Å². The number of hydrogen-bond donors (Lipinski definition) is 1. The first-order valence-corrected chi connectivity index (χ1v) is 8.70. The molecule has 1 N–H and O–H groups in total. The van der Waals surface area contributed by atoms with Crippen LogP contribution in [0.15, 0.2) is 35.4 Å². The van der Waals surface area contributed by atoms with Gasteiger partial charge in [-0.15, -0.1) is 0 Å². The summed E-state index contributed by atoms with van der Waals surface area (Å²) >= 11 is 1.06. The maximum Gasteiger partial charge on any atom is 0.340 e. The van der Waals surface area contributed by atoms with Crippen molar-refractivity contribution in [1.29, 1.82) is 5.26 Å². The van der Waals surface area contributed by atoms with Gasteiger partial charge in [0.1, 0.15) is 16.9 Å². The van der Waals surface area contributed by atoms with Gasteiger partial charge in [-0.2, -0.15) is 5.26 Å². The molecule has 0 aliphatic heterocycles. The molecule has 0 spiro atoms. The molecule has 0 atom stereocenters. The van der Waals surface area contributed by atoms with E-state index in [0.29, 0.717) is 16.4 Å². The Balaban J connectivity index is 2.09. The van der Waals surface area contributed by atoms with Crippen LogP contribution in [0, 0.1) is 24.1 Å². The van der Waals surface area contributed by atoms with Gasteiger partial charge < -0.3 is 10.1 Å².